The minimum atomic E-state index is -1.18. The number of carboxylic acids is 1. The Morgan fingerprint density at radius 1 is 1.07 bits per heavy atom. The zero-order chi connectivity index (χ0) is 29.7. The summed E-state index contributed by atoms with van der Waals surface area (Å²) in [5.74, 6) is -1.68. The van der Waals surface area contributed by atoms with E-state index in [0.29, 0.717) is 51.3 Å². The maximum atomic E-state index is 13.2. The SMILES string of the molecule is CN1CCN(c2cc(Cl)cc(CNc3ccc(Cl)cc3C(=O)Nc3ccc(C(=N)N)cc3)c2OCC(=O)O)C(=O)C1. The zero-order valence-corrected chi connectivity index (χ0v) is 23.6. The monoisotopic (exact) mass is 598 g/mol. The molecule has 214 valence electrons. The van der Waals surface area contributed by atoms with Gasteiger partial charge in [0, 0.05) is 52.2 Å². The molecule has 0 aromatic heterocycles. The van der Waals surface area contributed by atoms with E-state index in [1.807, 2.05) is 11.9 Å². The molecule has 1 heterocycles. The molecule has 3 aromatic carbocycles. The third-order valence-electron chi connectivity index (χ3n) is 6.30. The van der Waals surface area contributed by atoms with Crippen molar-refractivity contribution in [1.29, 1.82) is 5.41 Å². The number of nitrogens with one attached hydrogen (secondary N) is 3. The molecule has 1 saturated heterocycles. The number of likely N-dealkylation sites (N-methyl/N-ethyl adjacent to an activating group) is 1. The number of carbonyl (C=O) groups excluding carboxylic acids is 2. The Labute approximate surface area is 246 Å². The molecule has 2 amide bonds. The van der Waals surface area contributed by atoms with Crippen molar-refractivity contribution in [2.45, 2.75) is 6.54 Å². The largest absolute Gasteiger partial charge is 0.479 e. The number of aliphatic carboxylic acids is 1. The summed E-state index contributed by atoms with van der Waals surface area (Å²) in [4.78, 5) is 40.8. The molecule has 0 spiro atoms. The van der Waals surface area contributed by atoms with Crippen LogP contribution in [-0.2, 0) is 16.1 Å². The van der Waals surface area contributed by atoms with Crippen LogP contribution < -0.4 is 26.0 Å². The Balaban J connectivity index is 1.62. The van der Waals surface area contributed by atoms with Gasteiger partial charge in [0.15, 0.2) is 6.61 Å². The normalized spacial score (nSPS) is 13.5. The van der Waals surface area contributed by atoms with E-state index < -0.39 is 18.5 Å². The molecule has 11 nitrogen and oxygen atoms in total. The lowest BCUT2D eigenvalue weighted by Gasteiger charge is -2.33. The molecule has 0 radical (unpaired) electrons. The minimum absolute atomic E-state index is 0.0830. The average molecular weight is 599 g/mol. The number of carbonyl (C=O) groups is 3. The van der Waals surface area contributed by atoms with Gasteiger partial charge in [-0.25, -0.2) is 4.79 Å². The highest BCUT2D eigenvalue weighted by atomic mass is 35.5. The van der Waals surface area contributed by atoms with Gasteiger partial charge in [0.2, 0.25) is 5.91 Å². The molecule has 1 aliphatic heterocycles. The van der Waals surface area contributed by atoms with Crippen molar-refractivity contribution < 1.29 is 24.2 Å². The van der Waals surface area contributed by atoms with Crippen molar-refractivity contribution in [3.63, 3.8) is 0 Å². The first kappa shape index (κ1) is 29.7. The predicted molar refractivity (Wildman–Crippen MR) is 159 cm³/mol. The van der Waals surface area contributed by atoms with Crippen molar-refractivity contribution in [3.05, 3.63) is 81.3 Å². The lowest BCUT2D eigenvalue weighted by Crippen LogP contribution is -2.49. The molecule has 0 bridgehead atoms. The lowest BCUT2D eigenvalue weighted by molar-refractivity contribution is -0.139. The molecule has 0 unspecified atom stereocenters. The quantitative estimate of drug-likeness (QED) is 0.173. The van der Waals surface area contributed by atoms with Gasteiger partial charge in [0.05, 0.1) is 17.8 Å². The number of carboxylic acid groups (broad SMARTS) is 1. The van der Waals surface area contributed by atoms with Crippen LogP contribution in [-0.4, -0.2) is 66.9 Å². The zero-order valence-electron chi connectivity index (χ0n) is 22.0. The maximum Gasteiger partial charge on any atom is 0.341 e. The standard InChI is InChI=1S/C28H28Cl2N6O5/c1-35-8-9-36(24(37)14-35)23-12-19(30)10-17(26(23)41-15-25(38)39)13-33-22-7-4-18(29)11-21(22)28(40)34-20-5-2-16(3-6-20)27(31)32/h2-7,10-12,33H,8-9,13-15H2,1H3,(H3,31,32)(H,34,40)(H,38,39). The summed E-state index contributed by atoms with van der Waals surface area (Å²) in [6.07, 6.45) is 0. The van der Waals surface area contributed by atoms with Gasteiger partial charge in [-0.1, -0.05) is 23.2 Å². The molecule has 1 fully saturated rings. The van der Waals surface area contributed by atoms with Crippen molar-refractivity contribution in [3.8, 4) is 5.75 Å². The summed E-state index contributed by atoms with van der Waals surface area (Å²) in [6.45, 7) is 0.644. The van der Waals surface area contributed by atoms with Crippen LogP contribution in [0.5, 0.6) is 5.75 Å². The van der Waals surface area contributed by atoms with E-state index in [-0.39, 0.29) is 36.1 Å². The molecule has 13 heteroatoms. The Kier molecular flexibility index (Phi) is 9.33. The Morgan fingerprint density at radius 2 is 1.80 bits per heavy atom. The minimum Gasteiger partial charge on any atom is -0.479 e. The van der Waals surface area contributed by atoms with Crippen LogP contribution in [0.1, 0.15) is 21.5 Å². The number of hydrogen-bond acceptors (Lipinski definition) is 7. The van der Waals surface area contributed by atoms with E-state index in [2.05, 4.69) is 10.6 Å². The summed E-state index contributed by atoms with van der Waals surface area (Å²) < 4.78 is 5.67. The number of hydrogen-bond donors (Lipinski definition) is 5. The second kappa shape index (κ2) is 12.9. The Bertz CT molecular complexity index is 1500. The smallest absolute Gasteiger partial charge is 0.341 e. The second-order valence-corrected chi connectivity index (χ2v) is 10.2. The van der Waals surface area contributed by atoms with Crippen LogP contribution in [0, 0.1) is 5.41 Å². The number of rotatable bonds is 10. The first-order chi connectivity index (χ1) is 19.5. The summed E-state index contributed by atoms with van der Waals surface area (Å²) in [5, 5.41) is 23.4. The molecule has 0 saturated carbocycles. The number of piperazine rings is 1. The highest BCUT2D eigenvalue weighted by molar-refractivity contribution is 6.31. The lowest BCUT2D eigenvalue weighted by atomic mass is 10.1. The first-order valence-electron chi connectivity index (χ1n) is 12.5. The van der Waals surface area contributed by atoms with Gasteiger partial charge >= 0.3 is 5.97 Å². The van der Waals surface area contributed by atoms with Crippen LogP contribution >= 0.6 is 23.2 Å². The molecule has 1 aliphatic rings. The molecule has 6 N–H and O–H groups in total. The van der Waals surface area contributed by atoms with E-state index in [0.717, 1.165) is 0 Å². The fourth-order valence-corrected chi connectivity index (χ4v) is 4.70. The van der Waals surface area contributed by atoms with Crippen LogP contribution in [0.25, 0.3) is 0 Å². The summed E-state index contributed by atoms with van der Waals surface area (Å²) in [5.41, 5.74) is 8.06. The Morgan fingerprint density at radius 3 is 2.46 bits per heavy atom. The molecule has 0 aliphatic carbocycles. The highest BCUT2D eigenvalue weighted by Crippen LogP contribution is 2.37. The number of nitrogens with zero attached hydrogens (tertiary/aromatic N) is 2. The molecular formula is C28H28Cl2N6O5. The van der Waals surface area contributed by atoms with Gasteiger partial charge in [-0.2, -0.15) is 0 Å². The van der Waals surface area contributed by atoms with E-state index in [1.165, 1.54) is 11.0 Å². The fraction of sp³-hybridized carbons (Fsp3) is 0.214. The number of nitrogen functional groups attached to an aromatic ring is 1. The van der Waals surface area contributed by atoms with Gasteiger partial charge in [0.1, 0.15) is 11.6 Å². The van der Waals surface area contributed by atoms with Crippen molar-refractivity contribution in [1.82, 2.24) is 4.90 Å². The predicted octanol–water partition coefficient (Wildman–Crippen LogP) is 3.88. The van der Waals surface area contributed by atoms with E-state index in [9.17, 15) is 19.5 Å². The summed E-state index contributed by atoms with van der Waals surface area (Å²) in [7, 11) is 1.84. The number of amidine groups is 1. The number of ether oxygens (including phenoxy) is 1. The van der Waals surface area contributed by atoms with E-state index in [4.69, 9.17) is 39.1 Å². The van der Waals surface area contributed by atoms with Gasteiger partial charge in [-0.3, -0.25) is 19.9 Å². The number of amides is 2. The second-order valence-electron chi connectivity index (χ2n) is 9.37. The first-order valence-corrected chi connectivity index (χ1v) is 13.2. The number of nitrogens with two attached hydrogens (primary N) is 1. The topological polar surface area (TPSA) is 161 Å². The molecule has 41 heavy (non-hydrogen) atoms. The number of halogens is 2. The van der Waals surface area contributed by atoms with Crippen LogP contribution in [0.2, 0.25) is 10.0 Å². The van der Waals surface area contributed by atoms with Crippen molar-refractivity contribution in [2.24, 2.45) is 5.73 Å². The van der Waals surface area contributed by atoms with Gasteiger partial charge in [0.25, 0.3) is 5.91 Å². The number of anilines is 3. The third kappa shape index (κ3) is 7.46. The average Bonchev–Trinajstić information content (AvgIpc) is 2.91. The van der Waals surface area contributed by atoms with Gasteiger partial charge in [-0.05, 0) is 61.6 Å². The van der Waals surface area contributed by atoms with E-state index in [1.54, 1.807) is 48.5 Å². The summed E-state index contributed by atoms with van der Waals surface area (Å²) in [6, 6.07) is 14.5. The molecular weight excluding hydrogens is 571 g/mol. The van der Waals surface area contributed by atoms with Crippen LogP contribution in [0.15, 0.2) is 54.6 Å². The van der Waals surface area contributed by atoms with Gasteiger partial charge < -0.3 is 31.1 Å². The van der Waals surface area contributed by atoms with Crippen LogP contribution in [0.3, 0.4) is 0 Å². The fourth-order valence-electron chi connectivity index (χ4n) is 4.29. The maximum absolute atomic E-state index is 13.2. The van der Waals surface area contributed by atoms with Gasteiger partial charge in [-0.15, -0.1) is 0 Å². The van der Waals surface area contributed by atoms with Crippen molar-refractivity contribution >= 4 is 63.9 Å². The van der Waals surface area contributed by atoms with Crippen molar-refractivity contribution in [2.75, 3.05) is 48.8 Å². The highest BCUT2D eigenvalue weighted by Gasteiger charge is 2.27. The third-order valence-corrected chi connectivity index (χ3v) is 6.76. The van der Waals surface area contributed by atoms with E-state index >= 15 is 0 Å². The molecule has 3 aromatic rings. The number of benzene rings is 3. The molecule has 4 rings (SSSR count). The summed E-state index contributed by atoms with van der Waals surface area (Å²) >= 11 is 12.6. The molecule has 0 atom stereocenters. The van der Waals surface area contributed by atoms with Crippen LogP contribution in [0.4, 0.5) is 17.1 Å². The Hall–Kier alpha value is -4.32.